The van der Waals surface area contributed by atoms with Crippen LogP contribution in [0.3, 0.4) is 0 Å². The van der Waals surface area contributed by atoms with Crippen molar-refractivity contribution in [1.29, 1.82) is 0 Å². The van der Waals surface area contributed by atoms with Crippen molar-refractivity contribution in [1.82, 2.24) is 19.6 Å². The fourth-order valence-electron chi connectivity index (χ4n) is 4.15. The van der Waals surface area contributed by atoms with E-state index in [9.17, 15) is 0 Å². The zero-order valence-corrected chi connectivity index (χ0v) is 17.8. The van der Waals surface area contributed by atoms with Crippen LogP contribution in [0.15, 0.2) is 0 Å². The van der Waals surface area contributed by atoms with Crippen LogP contribution < -0.4 is 0 Å². The maximum absolute atomic E-state index is 2.73. The molecule has 2 aliphatic rings. The number of likely N-dealkylation sites (N-methyl/N-ethyl adjacent to an activating group) is 2. The van der Waals surface area contributed by atoms with Gasteiger partial charge in [-0.05, 0) is 87.4 Å². The van der Waals surface area contributed by atoms with Crippen LogP contribution in [0.5, 0.6) is 0 Å². The van der Waals surface area contributed by atoms with Gasteiger partial charge in [0.15, 0.2) is 0 Å². The van der Waals surface area contributed by atoms with Crippen molar-refractivity contribution < 1.29 is 0 Å². The normalized spacial score (nSPS) is 27.0. The number of rotatable bonds is 5. The zero-order chi connectivity index (χ0) is 18.3. The molecular weight excluding hydrogens is 296 g/mol. The molecule has 24 heavy (non-hydrogen) atoms. The molecule has 2 saturated heterocycles. The Morgan fingerprint density at radius 1 is 0.875 bits per heavy atom. The van der Waals surface area contributed by atoms with Gasteiger partial charge in [-0.15, -0.1) is 0 Å². The second-order valence-electron chi connectivity index (χ2n) is 7.94. The van der Waals surface area contributed by atoms with Crippen LogP contribution in [0.25, 0.3) is 0 Å². The summed E-state index contributed by atoms with van der Waals surface area (Å²) in [6.45, 7) is 13.9. The lowest BCUT2D eigenvalue weighted by Crippen LogP contribution is -2.56. The van der Waals surface area contributed by atoms with Crippen LogP contribution in [-0.4, -0.2) is 98.1 Å². The van der Waals surface area contributed by atoms with Gasteiger partial charge in [0.05, 0.1) is 0 Å². The van der Waals surface area contributed by atoms with Crippen molar-refractivity contribution in [3.05, 3.63) is 0 Å². The van der Waals surface area contributed by atoms with Gasteiger partial charge in [0.1, 0.15) is 0 Å². The Morgan fingerprint density at radius 3 is 2.00 bits per heavy atom. The summed E-state index contributed by atoms with van der Waals surface area (Å²) < 4.78 is 0. The average molecular weight is 341 g/mol. The SMILES string of the molecule is CC.CC(C(C)N(C)C1CCN(C)CC1)N1CCCC(N(C)C)C1. The highest BCUT2D eigenvalue weighted by Crippen LogP contribution is 2.22. The Labute approximate surface area is 152 Å². The molecule has 2 heterocycles. The third-order valence-corrected chi connectivity index (χ3v) is 6.34. The van der Waals surface area contributed by atoms with Crippen molar-refractivity contribution in [2.45, 2.75) is 77.5 Å². The first-order valence-electron chi connectivity index (χ1n) is 10.2. The predicted octanol–water partition coefficient (Wildman–Crippen LogP) is 2.84. The number of hydrogen-bond acceptors (Lipinski definition) is 4. The average Bonchev–Trinajstić information content (AvgIpc) is 2.62. The molecule has 3 atom stereocenters. The quantitative estimate of drug-likeness (QED) is 0.763. The van der Waals surface area contributed by atoms with Gasteiger partial charge in [0, 0.05) is 30.7 Å². The summed E-state index contributed by atoms with van der Waals surface area (Å²) in [5.41, 5.74) is 0. The highest BCUT2D eigenvalue weighted by atomic mass is 15.3. The minimum absolute atomic E-state index is 0.634. The van der Waals surface area contributed by atoms with Crippen LogP contribution in [0.2, 0.25) is 0 Å². The van der Waals surface area contributed by atoms with E-state index in [1.165, 1.54) is 51.9 Å². The lowest BCUT2D eigenvalue weighted by Gasteiger charge is -2.46. The highest BCUT2D eigenvalue weighted by Gasteiger charge is 2.31. The van der Waals surface area contributed by atoms with Crippen LogP contribution in [0.1, 0.15) is 53.4 Å². The van der Waals surface area contributed by atoms with E-state index in [1.807, 2.05) is 13.8 Å². The molecule has 4 heteroatoms. The van der Waals surface area contributed by atoms with Gasteiger partial charge < -0.3 is 9.80 Å². The van der Waals surface area contributed by atoms with Gasteiger partial charge in [-0.1, -0.05) is 13.8 Å². The molecule has 0 N–H and O–H groups in total. The largest absolute Gasteiger partial charge is 0.306 e. The molecule has 2 fully saturated rings. The molecule has 0 aliphatic carbocycles. The minimum Gasteiger partial charge on any atom is -0.306 e. The number of nitrogens with zero attached hydrogens (tertiary/aromatic N) is 4. The number of piperidine rings is 2. The molecule has 0 spiro atoms. The predicted molar refractivity (Wildman–Crippen MR) is 107 cm³/mol. The lowest BCUT2D eigenvalue weighted by molar-refractivity contribution is 0.0340. The Morgan fingerprint density at radius 2 is 1.46 bits per heavy atom. The Hall–Kier alpha value is -0.160. The standard InChI is InChI=1S/C18H38N4.C2H6/c1-15(21(6)17-9-12-20(5)13-10-17)16(2)22-11-7-8-18(14-22)19(3)4;1-2/h15-18H,7-14H2,1-6H3;1-2H3. The van der Waals surface area contributed by atoms with E-state index in [0.29, 0.717) is 12.1 Å². The molecule has 2 rings (SSSR count). The van der Waals surface area contributed by atoms with Crippen molar-refractivity contribution in [3.63, 3.8) is 0 Å². The van der Waals surface area contributed by atoms with E-state index in [-0.39, 0.29) is 0 Å². The van der Waals surface area contributed by atoms with E-state index in [1.54, 1.807) is 0 Å². The molecule has 0 bridgehead atoms. The second-order valence-corrected chi connectivity index (χ2v) is 7.94. The number of hydrogen-bond donors (Lipinski definition) is 0. The van der Waals surface area contributed by atoms with Crippen LogP contribution >= 0.6 is 0 Å². The molecule has 0 aromatic carbocycles. The molecule has 0 aromatic rings. The van der Waals surface area contributed by atoms with Gasteiger partial charge in [-0.3, -0.25) is 9.80 Å². The molecule has 0 radical (unpaired) electrons. The Kier molecular flexibility index (Phi) is 9.80. The van der Waals surface area contributed by atoms with Crippen LogP contribution in [0.4, 0.5) is 0 Å². The van der Waals surface area contributed by atoms with Crippen molar-refractivity contribution in [2.75, 3.05) is 54.4 Å². The molecule has 3 unspecified atom stereocenters. The second kappa shape index (κ2) is 10.7. The first kappa shape index (κ1) is 21.9. The summed E-state index contributed by atoms with van der Waals surface area (Å²) in [6.07, 6.45) is 5.35. The van der Waals surface area contributed by atoms with Gasteiger partial charge in [0.25, 0.3) is 0 Å². The fourth-order valence-corrected chi connectivity index (χ4v) is 4.15. The molecule has 0 saturated carbocycles. The van der Waals surface area contributed by atoms with Gasteiger partial charge in [-0.25, -0.2) is 0 Å². The summed E-state index contributed by atoms with van der Waals surface area (Å²) in [6, 6.07) is 2.78. The molecule has 2 aliphatic heterocycles. The summed E-state index contributed by atoms with van der Waals surface area (Å²) in [4.78, 5) is 10.3. The highest BCUT2D eigenvalue weighted by molar-refractivity contribution is 4.88. The minimum atomic E-state index is 0.634. The topological polar surface area (TPSA) is 13.0 Å². The first-order valence-corrected chi connectivity index (χ1v) is 10.2. The molecule has 0 amide bonds. The van der Waals surface area contributed by atoms with E-state index in [4.69, 9.17) is 0 Å². The summed E-state index contributed by atoms with van der Waals surface area (Å²) >= 11 is 0. The van der Waals surface area contributed by atoms with E-state index < -0.39 is 0 Å². The third kappa shape index (κ3) is 5.98. The fraction of sp³-hybridized carbons (Fsp3) is 1.00. The van der Waals surface area contributed by atoms with Crippen molar-refractivity contribution in [2.24, 2.45) is 0 Å². The summed E-state index contributed by atoms with van der Waals surface area (Å²) in [7, 11) is 9.06. The molecular formula is C20H44N4. The maximum atomic E-state index is 2.73. The summed E-state index contributed by atoms with van der Waals surface area (Å²) in [5, 5.41) is 0. The molecule has 0 aromatic heterocycles. The zero-order valence-electron chi connectivity index (χ0n) is 17.8. The monoisotopic (exact) mass is 340 g/mol. The molecule has 4 nitrogen and oxygen atoms in total. The summed E-state index contributed by atoms with van der Waals surface area (Å²) in [5.74, 6) is 0. The number of likely N-dealkylation sites (tertiary alicyclic amines) is 2. The van der Waals surface area contributed by atoms with Crippen LogP contribution in [0, 0.1) is 0 Å². The van der Waals surface area contributed by atoms with E-state index >= 15 is 0 Å². The van der Waals surface area contributed by atoms with Gasteiger partial charge in [0.2, 0.25) is 0 Å². The van der Waals surface area contributed by atoms with E-state index in [2.05, 4.69) is 61.6 Å². The van der Waals surface area contributed by atoms with E-state index in [0.717, 1.165) is 12.1 Å². The van der Waals surface area contributed by atoms with Gasteiger partial charge >= 0.3 is 0 Å². The third-order valence-electron chi connectivity index (χ3n) is 6.34. The van der Waals surface area contributed by atoms with Crippen molar-refractivity contribution >= 4 is 0 Å². The first-order chi connectivity index (χ1) is 11.4. The Bertz CT molecular complexity index is 326. The molecule has 144 valence electrons. The van der Waals surface area contributed by atoms with Crippen molar-refractivity contribution in [3.8, 4) is 0 Å². The smallest absolute Gasteiger partial charge is 0.0221 e. The lowest BCUT2D eigenvalue weighted by atomic mass is 9.97. The Balaban J connectivity index is 0.00000139. The van der Waals surface area contributed by atoms with Gasteiger partial charge in [-0.2, -0.15) is 0 Å². The van der Waals surface area contributed by atoms with Crippen LogP contribution in [-0.2, 0) is 0 Å². The maximum Gasteiger partial charge on any atom is 0.0221 e.